The van der Waals surface area contributed by atoms with E-state index in [9.17, 15) is 28.8 Å². The summed E-state index contributed by atoms with van der Waals surface area (Å²) in [6.07, 6.45) is 11.2. The number of esters is 1. The van der Waals surface area contributed by atoms with Crippen molar-refractivity contribution in [2.24, 2.45) is 41.1 Å². The van der Waals surface area contributed by atoms with Crippen molar-refractivity contribution in [3.8, 4) is 0 Å². The highest BCUT2D eigenvalue weighted by molar-refractivity contribution is 5.94. The molecule has 2 aliphatic rings. The second-order valence-electron chi connectivity index (χ2n) is 15.0. The van der Waals surface area contributed by atoms with Crippen LogP contribution in [0.5, 0.6) is 0 Å². The molecule has 0 aromatic rings. The number of likely N-dealkylation sites (N-methyl/N-ethyl adjacent to an activating group) is 1. The van der Waals surface area contributed by atoms with Crippen LogP contribution in [-0.4, -0.2) is 84.8 Å². The van der Waals surface area contributed by atoms with Gasteiger partial charge in [-0.05, 0) is 62.7 Å². The van der Waals surface area contributed by atoms with Crippen molar-refractivity contribution in [2.75, 3.05) is 20.1 Å². The quantitative estimate of drug-likeness (QED) is 0.0835. The van der Waals surface area contributed by atoms with E-state index in [1.54, 1.807) is 14.0 Å². The fourth-order valence-electron chi connectivity index (χ4n) is 7.01. The van der Waals surface area contributed by atoms with Gasteiger partial charge < -0.3 is 37.1 Å². The zero-order valence-corrected chi connectivity index (χ0v) is 31.5. The summed E-state index contributed by atoms with van der Waals surface area (Å²) >= 11 is 0. The van der Waals surface area contributed by atoms with Gasteiger partial charge in [0, 0.05) is 19.5 Å². The van der Waals surface area contributed by atoms with Gasteiger partial charge in [-0.25, -0.2) is 0 Å². The molecule has 50 heavy (non-hydrogen) atoms. The van der Waals surface area contributed by atoms with Crippen LogP contribution in [0.25, 0.3) is 0 Å². The second kappa shape index (κ2) is 21.9. The van der Waals surface area contributed by atoms with Gasteiger partial charge in [0.1, 0.15) is 30.8 Å². The third kappa shape index (κ3) is 13.5. The number of primary amides is 1. The Hall–Kier alpha value is -3.22. The summed E-state index contributed by atoms with van der Waals surface area (Å²) in [5.74, 6) is -3.63. The Kier molecular flexibility index (Phi) is 18.8. The van der Waals surface area contributed by atoms with E-state index in [4.69, 9.17) is 16.2 Å². The summed E-state index contributed by atoms with van der Waals surface area (Å²) in [6, 6.07) is -2.91. The standard InChI is InChI=1S/C37H66N6O7/c1-7-8-9-13-19-30(50-31(44)22-40-34(46)24(4)26-17-14-18-26)25(5)37(49)43(6)29(20-23(2)3)35(47)42-32(27-15-11-10-12-16-27)36(48)41-28(21-38)33(39)45/h23-30,32H,7-22,38H2,1-6H3,(H2,39,45)(H,40,46)(H,41,48)(H,42,47)/t24-,25+,28-,29-,30+,32-/m0/s1. The van der Waals surface area contributed by atoms with E-state index in [2.05, 4.69) is 22.9 Å². The molecular formula is C37H66N6O7. The largest absolute Gasteiger partial charge is 0.460 e. The molecule has 0 aromatic heterocycles. The molecule has 0 aromatic carbocycles. The van der Waals surface area contributed by atoms with Crippen LogP contribution in [-0.2, 0) is 33.5 Å². The molecule has 0 spiro atoms. The van der Waals surface area contributed by atoms with Crippen molar-refractivity contribution >= 4 is 35.5 Å². The SMILES string of the molecule is CCCCCC[C@@H](OC(=O)CNC(=O)[C@@H](C)C1CCC1)[C@@H](C)C(=O)N(C)[C@@H](CC(C)C)C(=O)N[C@H](C(=O)N[C@@H](CN)C(N)=O)C1CCCCC1. The summed E-state index contributed by atoms with van der Waals surface area (Å²) < 4.78 is 5.86. The first-order valence-electron chi connectivity index (χ1n) is 19.1. The molecule has 2 rings (SSSR count). The Bertz CT molecular complexity index is 1120. The minimum Gasteiger partial charge on any atom is -0.460 e. The topological polar surface area (TPSA) is 203 Å². The van der Waals surface area contributed by atoms with Crippen LogP contribution < -0.4 is 27.4 Å². The van der Waals surface area contributed by atoms with E-state index in [1.165, 1.54) is 4.90 Å². The van der Waals surface area contributed by atoms with Gasteiger partial charge in [0.2, 0.25) is 29.5 Å². The molecule has 0 saturated heterocycles. The first kappa shape index (κ1) is 42.9. The maximum atomic E-state index is 14.1. The smallest absolute Gasteiger partial charge is 0.325 e. The number of rotatable bonds is 22. The molecule has 5 amide bonds. The first-order chi connectivity index (χ1) is 23.7. The fraction of sp³-hybridized carbons (Fsp3) is 0.838. The molecule has 286 valence electrons. The Morgan fingerprint density at radius 3 is 2.00 bits per heavy atom. The number of hydrogen-bond acceptors (Lipinski definition) is 8. The fourth-order valence-corrected chi connectivity index (χ4v) is 7.01. The molecule has 0 unspecified atom stereocenters. The van der Waals surface area contributed by atoms with Crippen molar-refractivity contribution in [1.29, 1.82) is 0 Å². The minimum absolute atomic E-state index is 0.0309. The van der Waals surface area contributed by atoms with Crippen LogP contribution in [0, 0.1) is 29.6 Å². The molecule has 0 heterocycles. The Labute approximate surface area is 299 Å². The number of ether oxygens (including phenoxy) is 1. The molecular weight excluding hydrogens is 640 g/mol. The van der Waals surface area contributed by atoms with Crippen LogP contribution in [0.2, 0.25) is 0 Å². The van der Waals surface area contributed by atoms with Crippen LogP contribution in [0.4, 0.5) is 0 Å². The van der Waals surface area contributed by atoms with Crippen molar-refractivity contribution in [1.82, 2.24) is 20.9 Å². The Morgan fingerprint density at radius 1 is 0.820 bits per heavy atom. The van der Waals surface area contributed by atoms with E-state index in [0.29, 0.717) is 18.8 Å². The summed E-state index contributed by atoms with van der Waals surface area (Å²) in [7, 11) is 1.57. The van der Waals surface area contributed by atoms with Gasteiger partial charge in [0.25, 0.3) is 0 Å². The van der Waals surface area contributed by atoms with Crippen molar-refractivity contribution in [3.05, 3.63) is 0 Å². The predicted molar refractivity (Wildman–Crippen MR) is 192 cm³/mol. The van der Waals surface area contributed by atoms with E-state index in [0.717, 1.165) is 77.0 Å². The molecule has 13 heteroatoms. The van der Waals surface area contributed by atoms with E-state index in [1.807, 2.05) is 20.8 Å². The predicted octanol–water partition coefficient (Wildman–Crippen LogP) is 2.92. The van der Waals surface area contributed by atoms with Gasteiger partial charge in [0.15, 0.2) is 0 Å². The van der Waals surface area contributed by atoms with Gasteiger partial charge in [0.05, 0.1) is 5.92 Å². The average Bonchev–Trinajstić information content (AvgIpc) is 3.06. The second-order valence-corrected chi connectivity index (χ2v) is 15.0. The molecule has 2 aliphatic carbocycles. The lowest BCUT2D eigenvalue weighted by Crippen LogP contribution is -2.60. The van der Waals surface area contributed by atoms with E-state index >= 15 is 0 Å². The zero-order valence-electron chi connectivity index (χ0n) is 31.5. The van der Waals surface area contributed by atoms with E-state index in [-0.39, 0.29) is 42.7 Å². The maximum Gasteiger partial charge on any atom is 0.325 e. The number of unbranched alkanes of at least 4 members (excludes halogenated alkanes) is 3. The number of carbonyl (C=O) groups is 6. The third-order valence-electron chi connectivity index (χ3n) is 10.7. The van der Waals surface area contributed by atoms with Crippen molar-refractivity contribution < 1.29 is 33.5 Å². The molecule has 2 fully saturated rings. The monoisotopic (exact) mass is 706 g/mol. The van der Waals surface area contributed by atoms with Crippen LogP contribution in [0.3, 0.4) is 0 Å². The number of hydrogen-bond donors (Lipinski definition) is 5. The zero-order chi connectivity index (χ0) is 37.4. The van der Waals surface area contributed by atoms with Crippen LogP contribution in [0.15, 0.2) is 0 Å². The van der Waals surface area contributed by atoms with Gasteiger partial charge >= 0.3 is 5.97 Å². The molecule has 2 saturated carbocycles. The van der Waals surface area contributed by atoms with Gasteiger partial charge in [-0.15, -0.1) is 0 Å². The molecule has 7 N–H and O–H groups in total. The molecule has 0 aliphatic heterocycles. The number of carbonyl (C=O) groups excluding carboxylic acids is 6. The summed E-state index contributed by atoms with van der Waals surface area (Å²) in [5.41, 5.74) is 11.1. The van der Waals surface area contributed by atoms with Gasteiger partial charge in [-0.3, -0.25) is 28.8 Å². The first-order valence-corrected chi connectivity index (χ1v) is 19.1. The number of amides is 5. The number of nitrogens with two attached hydrogens (primary N) is 2. The molecule has 6 atom stereocenters. The lowest BCUT2D eigenvalue weighted by atomic mass is 9.76. The molecule has 13 nitrogen and oxygen atoms in total. The minimum atomic E-state index is -1.07. The van der Waals surface area contributed by atoms with Crippen LogP contribution in [0.1, 0.15) is 125 Å². The lowest BCUT2D eigenvalue weighted by molar-refractivity contribution is -0.158. The highest BCUT2D eigenvalue weighted by Crippen LogP contribution is 2.33. The number of nitrogens with one attached hydrogen (secondary N) is 3. The average molecular weight is 707 g/mol. The van der Waals surface area contributed by atoms with Gasteiger partial charge in [-0.1, -0.05) is 79.6 Å². The summed E-state index contributed by atoms with van der Waals surface area (Å²) in [5, 5.41) is 8.25. The molecule has 0 radical (unpaired) electrons. The maximum absolute atomic E-state index is 14.1. The summed E-state index contributed by atoms with van der Waals surface area (Å²) in [4.78, 5) is 80.4. The van der Waals surface area contributed by atoms with Crippen molar-refractivity contribution in [2.45, 2.75) is 149 Å². The Morgan fingerprint density at radius 2 is 1.46 bits per heavy atom. The number of nitrogens with zero attached hydrogens (tertiary/aromatic N) is 1. The van der Waals surface area contributed by atoms with Crippen LogP contribution >= 0.6 is 0 Å². The highest BCUT2D eigenvalue weighted by atomic mass is 16.5. The normalized spacial score (nSPS) is 18.8. The lowest BCUT2D eigenvalue weighted by Gasteiger charge is -2.36. The van der Waals surface area contributed by atoms with E-state index < -0.39 is 53.8 Å². The van der Waals surface area contributed by atoms with Gasteiger partial charge in [-0.2, -0.15) is 0 Å². The summed E-state index contributed by atoms with van der Waals surface area (Å²) in [6.45, 7) is 9.13. The highest BCUT2D eigenvalue weighted by Gasteiger charge is 2.39. The Balaban J connectivity index is 2.22. The van der Waals surface area contributed by atoms with Crippen molar-refractivity contribution in [3.63, 3.8) is 0 Å². The third-order valence-corrected chi connectivity index (χ3v) is 10.7. The molecule has 0 bridgehead atoms.